The lowest BCUT2D eigenvalue weighted by atomic mass is 10.0. The first-order chi connectivity index (χ1) is 16.6. The molecule has 0 unspecified atom stereocenters. The van der Waals surface area contributed by atoms with E-state index in [4.69, 9.17) is 26.1 Å². The Hall–Kier alpha value is -4.03. The second-order valence-corrected chi connectivity index (χ2v) is 8.20. The fourth-order valence-corrected chi connectivity index (χ4v) is 4.26. The number of methoxy groups -OCH3 is 2. The number of aromatic amines is 1. The number of carbonyl (C=O) groups is 1. The minimum Gasteiger partial charge on any atom is -0.497 e. The Balaban J connectivity index is 1.64. The van der Waals surface area contributed by atoms with E-state index in [2.05, 4.69) is 10.3 Å². The molecule has 2 aromatic heterocycles. The average Bonchev–Trinajstić information content (AvgIpc) is 3.26. The second-order valence-electron chi connectivity index (χ2n) is 7.79. The number of H-pyrrole nitrogens is 1. The third kappa shape index (κ3) is 3.93. The minimum absolute atomic E-state index is 0.291. The number of halogens is 1. The van der Waals surface area contributed by atoms with E-state index in [1.165, 1.54) is 0 Å². The Kier molecular flexibility index (Phi) is 5.82. The van der Waals surface area contributed by atoms with Crippen LogP contribution in [-0.2, 0) is 6.54 Å². The first-order valence-electron chi connectivity index (χ1n) is 10.7. The van der Waals surface area contributed by atoms with E-state index in [9.17, 15) is 4.79 Å². The van der Waals surface area contributed by atoms with Crippen LogP contribution in [0.4, 0.5) is 0 Å². The number of amides is 1. The van der Waals surface area contributed by atoms with Crippen LogP contribution in [0.25, 0.3) is 33.1 Å². The van der Waals surface area contributed by atoms with E-state index >= 15 is 0 Å². The molecule has 1 amide bonds. The molecule has 0 spiro atoms. The molecule has 0 aliphatic carbocycles. The Morgan fingerprint density at radius 2 is 1.76 bits per heavy atom. The molecular weight excluding hydrogens is 450 g/mol. The highest BCUT2D eigenvalue weighted by Gasteiger charge is 2.19. The van der Waals surface area contributed by atoms with Crippen molar-refractivity contribution in [2.45, 2.75) is 6.54 Å². The molecule has 0 aliphatic rings. The summed E-state index contributed by atoms with van der Waals surface area (Å²) in [6.45, 7) is 0.299. The molecule has 3 aromatic carbocycles. The maximum Gasteiger partial charge on any atom is 0.270 e. The number of nitrogens with zero attached hydrogens (tertiary/aromatic N) is 1. The van der Waals surface area contributed by atoms with Crippen molar-refractivity contribution in [3.63, 3.8) is 0 Å². The molecule has 0 saturated heterocycles. The van der Waals surface area contributed by atoms with Crippen molar-refractivity contribution < 1.29 is 14.3 Å². The molecular formula is C27H22ClN3O3. The van der Waals surface area contributed by atoms with Gasteiger partial charge in [0.25, 0.3) is 5.91 Å². The van der Waals surface area contributed by atoms with Gasteiger partial charge >= 0.3 is 0 Å². The van der Waals surface area contributed by atoms with Crippen molar-refractivity contribution in [2.24, 2.45) is 0 Å². The number of ether oxygens (including phenoxy) is 2. The van der Waals surface area contributed by atoms with Crippen LogP contribution in [-0.4, -0.2) is 30.1 Å². The van der Waals surface area contributed by atoms with E-state index in [0.717, 1.165) is 32.9 Å². The molecule has 0 saturated carbocycles. The summed E-state index contributed by atoms with van der Waals surface area (Å²) in [5.74, 6) is 0.975. The number of carbonyl (C=O) groups excluding carboxylic acids is 1. The van der Waals surface area contributed by atoms with Crippen molar-refractivity contribution in [1.29, 1.82) is 0 Å². The number of hydrogen-bond donors (Lipinski definition) is 2. The van der Waals surface area contributed by atoms with Gasteiger partial charge in [0.05, 0.1) is 25.4 Å². The van der Waals surface area contributed by atoms with Gasteiger partial charge in [-0.1, -0.05) is 48.0 Å². The zero-order chi connectivity index (χ0) is 23.7. The quantitative estimate of drug-likeness (QED) is 0.319. The monoisotopic (exact) mass is 471 g/mol. The normalized spacial score (nSPS) is 11.0. The van der Waals surface area contributed by atoms with Crippen LogP contribution >= 0.6 is 11.6 Å². The molecule has 0 atom stereocenters. The molecule has 2 heterocycles. The van der Waals surface area contributed by atoms with Gasteiger partial charge in [0.15, 0.2) is 0 Å². The SMILES string of the molecule is COc1ccc(-c2nc(C(=O)NCc3ccccc3Cl)cc3c2[nH]c2ccccc23)c(OC)c1. The van der Waals surface area contributed by atoms with E-state index in [1.54, 1.807) is 26.4 Å². The third-order valence-electron chi connectivity index (χ3n) is 5.79. The Morgan fingerprint density at radius 1 is 0.971 bits per heavy atom. The van der Waals surface area contributed by atoms with Gasteiger partial charge in [-0.2, -0.15) is 0 Å². The highest BCUT2D eigenvalue weighted by molar-refractivity contribution is 6.31. The number of rotatable bonds is 6. The lowest BCUT2D eigenvalue weighted by Crippen LogP contribution is -2.24. The van der Waals surface area contributed by atoms with Gasteiger partial charge in [0, 0.05) is 39.5 Å². The largest absolute Gasteiger partial charge is 0.497 e. The summed E-state index contributed by atoms with van der Waals surface area (Å²) in [5.41, 5.74) is 4.30. The van der Waals surface area contributed by atoms with Gasteiger partial charge in [0.1, 0.15) is 17.2 Å². The summed E-state index contributed by atoms with van der Waals surface area (Å²) in [6, 6.07) is 22.7. The van der Waals surface area contributed by atoms with E-state index < -0.39 is 0 Å². The summed E-state index contributed by atoms with van der Waals surface area (Å²) >= 11 is 6.25. The maximum atomic E-state index is 13.2. The van der Waals surface area contributed by atoms with Crippen molar-refractivity contribution in [3.8, 4) is 22.8 Å². The summed E-state index contributed by atoms with van der Waals surface area (Å²) < 4.78 is 11.0. The average molecular weight is 472 g/mol. The van der Waals surface area contributed by atoms with Gasteiger partial charge in [0.2, 0.25) is 0 Å². The van der Waals surface area contributed by atoms with Crippen molar-refractivity contribution in [2.75, 3.05) is 14.2 Å². The number of fused-ring (bicyclic) bond motifs is 3. The molecule has 5 aromatic rings. The van der Waals surface area contributed by atoms with Crippen LogP contribution in [0, 0.1) is 0 Å². The highest BCUT2D eigenvalue weighted by Crippen LogP contribution is 2.38. The second kappa shape index (κ2) is 9.08. The Morgan fingerprint density at radius 3 is 2.56 bits per heavy atom. The smallest absolute Gasteiger partial charge is 0.270 e. The van der Waals surface area contributed by atoms with E-state index in [1.807, 2.05) is 60.7 Å². The number of hydrogen-bond acceptors (Lipinski definition) is 4. The first kappa shape index (κ1) is 21.8. The van der Waals surface area contributed by atoms with E-state index in [0.29, 0.717) is 34.5 Å². The molecule has 170 valence electrons. The highest BCUT2D eigenvalue weighted by atomic mass is 35.5. The van der Waals surface area contributed by atoms with Crippen molar-refractivity contribution in [1.82, 2.24) is 15.3 Å². The lowest BCUT2D eigenvalue weighted by Gasteiger charge is -2.13. The van der Waals surface area contributed by atoms with Gasteiger partial charge in [-0.3, -0.25) is 4.79 Å². The standard InChI is InChI=1S/C27H22ClN3O3/c1-33-17-11-12-19(24(13-17)34-2)25-26-20(18-8-4-6-10-22(18)30-26)14-23(31-25)27(32)29-15-16-7-3-5-9-21(16)28/h3-14,30H,15H2,1-2H3,(H,29,32). The number of aromatic nitrogens is 2. The lowest BCUT2D eigenvalue weighted by molar-refractivity contribution is 0.0946. The molecule has 7 heteroatoms. The van der Waals surface area contributed by atoms with Crippen LogP contribution in [0.1, 0.15) is 16.1 Å². The fraction of sp³-hybridized carbons (Fsp3) is 0.111. The maximum absolute atomic E-state index is 13.2. The number of pyridine rings is 1. The van der Waals surface area contributed by atoms with Crippen molar-refractivity contribution >= 4 is 39.3 Å². The zero-order valence-electron chi connectivity index (χ0n) is 18.7. The number of para-hydroxylation sites is 1. The molecule has 6 nitrogen and oxygen atoms in total. The predicted octanol–water partition coefficient (Wildman–Crippen LogP) is 5.98. The molecule has 0 fully saturated rings. The molecule has 0 aliphatic heterocycles. The van der Waals surface area contributed by atoms with Crippen LogP contribution in [0.3, 0.4) is 0 Å². The summed E-state index contributed by atoms with van der Waals surface area (Å²) in [5, 5.41) is 5.45. The zero-order valence-corrected chi connectivity index (χ0v) is 19.4. The van der Waals surface area contributed by atoms with Gasteiger partial charge in [-0.05, 0) is 35.9 Å². The van der Waals surface area contributed by atoms with Gasteiger partial charge in [-0.15, -0.1) is 0 Å². The first-order valence-corrected chi connectivity index (χ1v) is 11.1. The Labute approximate surface area is 201 Å². The van der Waals surface area contributed by atoms with Crippen LogP contribution in [0.5, 0.6) is 11.5 Å². The summed E-state index contributed by atoms with van der Waals surface area (Å²) in [4.78, 5) is 21.4. The van der Waals surface area contributed by atoms with Crippen LogP contribution < -0.4 is 14.8 Å². The molecule has 0 bridgehead atoms. The number of nitrogens with one attached hydrogen (secondary N) is 2. The number of benzene rings is 3. The van der Waals surface area contributed by atoms with Gasteiger partial charge in [-0.25, -0.2) is 4.98 Å². The third-order valence-corrected chi connectivity index (χ3v) is 6.16. The fourth-order valence-electron chi connectivity index (χ4n) is 4.06. The minimum atomic E-state index is -0.291. The van der Waals surface area contributed by atoms with Crippen LogP contribution in [0.2, 0.25) is 5.02 Å². The molecule has 0 radical (unpaired) electrons. The topological polar surface area (TPSA) is 76.2 Å². The Bertz CT molecular complexity index is 1530. The molecule has 34 heavy (non-hydrogen) atoms. The molecule has 5 rings (SSSR count). The summed E-state index contributed by atoms with van der Waals surface area (Å²) in [6.07, 6.45) is 0. The van der Waals surface area contributed by atoms with Gasteiger partial charge < -0.3 is 19.8 Å². The predicted molar refractivity (Wildman–Crippen MR) is 135 cm³/mol. The van der Waals surface area contributed by atoms with Crippen molar-refractivity contribution in [3.05, 3.63) is 89.1 Å². The van der Waals surface area contributed by atoms with E-state index in [-0.39, 0.29) is 5.91 Å². The summed E-state index contributed by atoms with van der Waals surface area (Å²) in [7, 11) is 3.20. The van der Waals surface area contributed by atoms with Crippen LogP contribution in [0.15, 0.2) is 72.8 Å². The molecule has 2 N–H and O–H groups in total.